The van der Waals surface area contributed by atoms with Crippen LogP contribution in [0.1, 0.15) is 22.8 Å². The Morgan fingerprint density at radius 2 is 1.35 bits per heavy atom. The van der Waals surface area contributed by atoms with Gasteiger partial charge in [0, 0.05) is 12.4 Å². The predicted molar refractivity (Wildman–Crippen MR) is 88.8 cm³/mol. The molecule has 3 aromatic rings. The van der Waals surface area contributed by atoms with E-state index in [9.17, 15) is 4.79 Å². The van der Waals surface area contributed by atoms with Crippen LogP contribution in [0.5, 0.6) is 0 Å². The van der Waals surface area contributed by atoms with Gasteiger partial charge < -0.3 is 4.74 Å². The second-order valence-electron chi connectivity index (χ2n) is 5.22. The fourth-order valence-electron chi connectivity index (χ4n) is 2.42. The molecule has 3 heteroatoms. The van der Waals surface area contributed by atoms with Crippen molar-refractivity contribution in [2.24, 2.45) is 0 Å². The zero-order chi connectivity index (χ0) is 15.9. The van der Waals surface area contributed by atoms with Crippen LogP contribution in [0.15, 0.2) is 85.2 Å². The zero-order valence-corrected chi connectivity index (χ0v) is 12.6. The average Bonchev–Trinajstić information content (AvgIpc) is 2.62. The van der Waals surface area contributed by atoms with Gasteiger partial charge in [-0.25, -0.2) is 0 Å². The topological polar surface area (TPSA) is 39.2 Å². The van der Waals surface area contributed by atoms with Gasteiger partial charge in [0.15, 0.2) is 6.10 Å². The fourth-order valence-corrected chi connectivity index (χ4v) is 2.42. The van der Waals surface area contributed by atoms with Crippen molar-refractivity contribution < 1.29 is 9.53 Å². The van der Waals surface area contributed by atoms with E-state index in [0.717, 1.165) is 16.7 Å². The van der Waals surface area contributed by atoms with E-state index in [1.54, 1.807) is 12.4 Å². The first-order chi connectivity index (χ1) is 11.3. The maximum Gasteiger partial charge on any atom is 0.311 e. The van der Waals surface area contributed by atoms with Crippen LogP contribution in [0.2, 0.25) is 0 Å². The summed E-state index contributed by atoms with van der Waals surface area (Å²) in [6, 6.07) is 23.2. The minimum atomic E-state index is -0.397. The average molecular weight is 303 g/mol. The number of nitrogens with zero attached hydrogens (tertiary/aromatic N) is 1. The third kappa shape index (κ3) is 4.04. The Kier molecular flexibility index (Phi) is 4.79. The summed E-state index contributed by atoms with van der Waals surface area (Å²) in [4.78, 5) is 16.3. The van der Waals surface area contributed by atoms with Gasteiger partial charge in [-0.3, -0.25) is 9.78 Å². The van der Waals surface area contributed by atoms with Gasteiger partial charge in [0.1, 0.15) is 0 Å². The smallest absolute Gasteiger partial charge is 0.311 e. The number of hydrogen-bond acceptors (Lipinski definition) is 3. The number of carbonyl (C=O) groups is 1. The van der Waals surface area contributed by atoms with Gasteiger partial charge in [0.05, 0.1) is 6.42 Å². The molecule has 3 nitrogen and oxygen atoms in total. The summed E-state index contributed by atoms with van der Waals surface area (Å²) in [5.41, 5.74) is 2.81. The molecule has 0 spiro atoms. The molecule has 23 heavy (non-hydrogen) atoms. The number of esters is 1. The fraction of sp³-hybridized carbons (Fsp3) is 0.100. The molecule has 0 radical (unpaired) electrons. The molecule has 0 atom stereocenters. The minimum Gasteiger partial charge on any atom is -0.452 e. The molecule has 0 saturated carbocycles. The van der Waals surface area contributed by atoms with Gasteiger partial charge in [0.2, 0.25) is 0 Å². The molecule has 0 fully saturated rings. The number of pyridine rings is 1. The molecular formula is C20H17NO2. The second kappa shape index (κ2) is 7.36. The SMILES string of the molecule is O=C(Cc1ccncc1)OC(c1ccccc1)c1ccccc1. The first-order valence-corrected chi connectivity index (χ1v) is 7.51. The van der Waals surface area contributed by atoms with Gasteiger partial charge in [-0.1, -0.05) is 60.7 Å². The van der Waals surface area contributed by atoms with E-state index in [-0.39, 0.29) is 12.4 Å². The summed E-state index contributed by atoms with van der Waals surface area (Å²) in [5, 5.41) is 0. The highest BCUT2D eigenvalue weighted by Gasteiger charge is 2.18. The Morgan fingerprint density at radius 1 is 0.826 bits per heavy atom. The molecule has 2 aromatic carbocycles. The predicted octanol–water partition coefficient (Wildman–Crippen LogP) is 3.96. The maximum atomic E-state index is 12.3. The van der Waals surface area contributed by atoms with E-state index >= 15 is 0 Å². The van der Waals surface area contributed by atoms with E-state index in [4.69, 9.17) is 4.74 Å². The maximum absolute atomic E-state index is 12.3. The summed E-state index contributed by atoms with van der Waals surface area (Å²) in [6.07, 6.45) is 3.19. The Hall–Kier alpha value is -2.94. The molecular weight excluding hydrogens is 286 g/mol. The summed E-state index contributed by atoms with van der Waals surface area (Å²) in [7, 11) is 0. The lowest BCUT2D eigenvalue weighted by Crippen LogP contribution is -2.14. The number of hydrogen-bond donors (Lipinski definition) is 0. The molecule has 0 aliphatic carbocycles. The monoisotopic (exact) mass is 303 g/mol. The van der Waals surface area contributed by atoms with Crippen LogP contribution in [0.25, 0.3) is 0 Å². The molecule has 0 bridgehead atoms. The van der Waals surface area contributed by atoms with Crippen molar-refractivity contribution in [3.05, 3.63) is 102 Å². The quantitative estimate of drug-likeness (QED) is 0.670. The summed E-state index contributed by atoms with van der Waals surface area (Å²) >= 11 is 0. The molecule has 0 saturated heterocycles. The van der Waals surface area contributed by atoms with Gasteiger partial charge in [-0.15, -0.1) is 0 Å². The number of rotatable bonds is 5. The van der Waals surface area contributed by atoms with E-state index in [1.807, 2.05) is 72.8 Å². The van der Waals surface area contributed by atoms with Crippen molar-refractivity contribution >= 4 is 5.97 Å². The van der Waals surface area contributed by atoms with Crippen molar-refractivity contribution in [1.29, 1.82) is 0 Å². The molecule has 0 amide bonds. The Labute approximate surface area is 135 Å². The lowest BCUT2D eigenvalue weighted by molar-refractivity contribution is -0.146. The Bertz CT molecular complexity index is 703. The van der Waals surface area contributed by atoms with Gasteiger partial charge >= 0.3 is 5.97 Å². The van der Waals surface area contributed by atoms with E-state index in [1.165, 1.54) is 0 Å². The molecule has 114 valence electrons. The molecule has 0 aliphatic heterocycles. The van der Waals surface area contributed by atoms with Gasteiger partial charge in [-0.05, 0) is 28.8 Å². The number of aromatic nitrogens is 1. The summed E-state index contributed by atoms with van der Waals surface area (Å²) in [5.74, 6) is -0.256. The third-order valence-electron chi connectivity index (χ3n) is 3.55. The lowest BCUT2D eigenvalue weighted by Gasteiger charge is -2.19. The Balaban J connectivity index is 1.81. The van der Waals surface area contributed by atoms with E-state index in [0.29, 0.717) is 0 Å². The normalized spacial score (nSPS) is 10.5. The minimum absolute atomic E-state index is 0.235. The van der Waals surface area contributed by atoms with Crippen molar-refractivity contribution in [1.82, 2.24) is 4.98 Å². The van der Waals surface area contributed by atoms with Crippen molar-refractivity contribution in [2.75, 3.05) is 0 Å². The van der Waals surface area contributed by atoms with Crippen LogP contribution in [-0.2, 0) is 16.0 Å². The summed E-state index contributed by atoms with van der Waals surface area (Å²) in [6.45, 7) is 0. The van der Waals surface area contributed by atoms with E-state index in [2.05, 4.69) is 4.98 Å². The van der Waals surface area contributed by atoms with Crippen molar-refractivity contribution in [3.63, 3.8) is 0 Å². The highest BCUT2D eigenvalue weighted by atomic mass is 16.5. The van der Waals surface area contributed by atoms with Crippen LogP contribution in [0, 0.1) is 0 Å². The Morgan fingerprint density at radius 3 is 1.87 bits per heavy atom. The van der Waals surface area contributed by atoms with E-state index < -0.39 is 6.10 Å². The largest absolute Gasteiger partial charge is 0.452 e. The summed E-state index contributed by atoms with van der Waals surface area (Å²) < 4.78 is 5.77. The number of ether oxygens (including phenoxy) is 1. The van der Waals surface area contributed by atoms with Crippen LogP contribution in [-0.4, -0.2) is 11.0 Å². The lowest BCUT2D eigenvalue weighted by atomic mass is 10.0. The highest BCUT2D eigenvalue weighted by Crippen LogP contribution is 2.26. The molecule has 1 aromatic heterocycles. The number of benzene rings is 2. The standard InChI is InChI=1S/C20H17NO2/c22-19(15-16-11-13-21-14-12-16)23-20(17-7-3-1-4-8-17)18-9-5-2-6-10-18/h1-14,20H,15H2. The van der Waals surface area contributed by atoms with Crippen molar-refractivity contribution in [2.45, 2.75) is 12.5 Å². The van der Waals surface area contributed by atoms with Crippen LogP contribution < -0.4 is 0 Å². The molecule has 3 rings (SSSR count). The van der Waals surface area contributed by atoms with Crippen molar-refractivity contribution in [3.8, 4) is 0 Å². The molecule has 0 N–H and O–H groups in total. The first-order valence-electron chi connectivity index (χ1n) is 7.51. The second-order valence-corrected chi connectivity index (χ2v) is 5.22. The van der Waals surface area contributed by atoms with Gasteiger partial charge in [-0.2, -0.15) is 0 Å². The van der Waals surface area contributed by atoms with Crippen LogP contribution in [0.3, 0.4) is 0 Å². The van der Waals surface area contributed by atoms with Gasteiger partial charge in [0.25, 0.3) is 0 Å². The highest BCUT2D eigenvalue weighted by molar-refractivity contribution is 5.73. The first kappa shape index (κ1) is 15.0. The van der Waals surface area contributed by atoms with Crippen LogP contribution in [0.4, 0.5) is 0 Å². The molecule has 0 unspecified atom stereocenters. The molecule has 0 aliphatic rings. The van der Waals surface area contributed by atoms with Crippen LogP contribution >= 0.6 is 0 Å². The zero-order valence-electron chi connectivity index (χ0n) is 12.6. The molecule has 1 heterocycles. The third-order valence-corrected chi connectivity index (χ3v) is 3.55. The number of carbonyl (C=O) groups excluding carboxylic acids is 1.